The molecule has 2 aromatic rings. The lowest BCUT2D eigenvalue weighted by atomic mass is 10.1. The van der Waals surface area contributed by atoms with Gasteiger partial charge in [-0.2, -0.15) is 13.2 Å². The number of benzene rings is 2. The molecule has 0 saturated heterocycles. The number of ether oxygens (including phenoxy) is 1. The molecule has 0 aromatic heterocycles. The number of hydrogen-bond acceptors (Lipinski definition) is 3. The van der Waals surface area contributed by atoms with Crippen molar-refractivity contribution in [3.05, 3.63) is 56.0 Å². The molecule has 0 fully saturated rings. The smallest absolute Gasteiger partial charge is 0.416 e. The molecule has 0 saturated carbocycles. The molecule has 0 amide bonds. The van der Waals surface area contributed by atoms with Gasteiger partial charge in [0.1, 0.15) is 12.4 Å². The average Bonchev–Trinajstić information content (AvgIpc) is 2.59. The van der Waals surface area contributed by atoms with Crippen molar-refractivity contribution >= 4 is 43.5 Å². The van der Waals surface area contributed by atoms with E-state index in [0.29, 0.717) is 31.5 Å². The minimum atomic E-state index is -4.50. The number of carboxylic acid groups (broad SMARTS) is 1. The molecule has 10 heteroatoms. The fourth-order valence-electron chi connectivity index (χ4n) is 2.67. The quantitative estimate of drug-likeness (QED) is 0.360. The van der Waals surface area contributed by atoms with Crippen LogP contribution in [0.4, 0.5) is 23.2 Å². The second-order valence-electron chi connectivity index (χ2n) is 6.90. The lowest BCUT2D eigenvalue weighted by molar-refractivity contribution is -0.142. The highest BCUT2D eigenvalue weighted by Crippen LogP contribution is 2.37. The van der Waals surface area contributed by atoms with Crippen LogP contribution in [0, 0.1) is 0 Å². The van der Waals surface area contributed by atoms with E-state index in [1.165, 1.54) is 12.1 Å². The topological polar surface area (TPSA) is 58.6 Å². The van der Waals surface area contributed by atoms with Crippen molar-refractivity contribution in [2.24, 2.45) is 0 Å². The van der Waals surface area contributed by atoms with Gasteiger partial charge in [0.2, 0.25) is 6.17 Å². The van der Waals surface area contributed by atoms with Crippen molar-refractivity contribution < 1.29 is 32.2 Å². The van der Waals surface area contributed by atoms with Gasteiger partial charge in [0.15, 0.2) is 0 Å². The van der Waals surface area contributed by atoms with Crippen LogP contribution >= 0.6 is 31.9 Å². The predicted molar refractivity (Wildman–Crippen MR) is 113 cm³/mol. The highest BCUT2D eigenvalue weighted by atomic mass is 79.9. The molecule has 1 unspecified atom stereocenters. The van der Waals surface area contributed by atoms with Crippen LogP contribution in [0.3, 0.4) is 0 Å². The zero-order chi connectivity index (χ0) is 22.6. The standard InChI is InChI=1S/C20H19Br2F4NO3/c1-10(2)27-14-4-12(3-13(8-14)20(24,25)26)9-30-18-15(21)5-11(6-16(18)22)7-17(23)19(28)29/h3-6,8,10,17,27H,7,9H2,1-2H3,(H,28,29). The first-order valence-corrected chi connectivity index (χ1v) is 10.4. The Labute approximate surface area is 187 Å². The van der Waals surface area contributed by atoms with Gasteiger partial charge < -0.3 is 15.2 Å². The summed E-state index contributed by atoms with van der Waals surface area (Å²) in [6.45, 7) is 3.49. The third kappa shape index (κ3) is 6.87. The molecule has 30 heavy (non-hydrogen) atoms. The molecule has 0 radical (unpaired) electrons. The monoisotopic (exact) mass is 555 g/mol. The maximum Gasteiger partial charge on any atom is 0.416 e. The van der Waals surface area contributed by atoms with Gasteiger partial charge in [0, 0.05) is 18.2 Å². The summed E-state index contributed by atoms with van der Waals surface area (Å²) in [6.07, 6.45) is -6.88. The zero-order valence-corrected chi connectivity index (χ0v) is 19.2. The Bertz CT molecular complexity index is 896. The molecule has 0 aliphatic heterocycles. The first-order chi connectivity index (χ1) is 13.9. The van der Waals surface area contributed by atoms with Crippen molar-refractivity contribution in [2.75, 3.05) is 5.32 Å². The second kappa shape index (κ2) is 10.00. The summed E-state index contributed by atoms with van der Waals surface area (Å²) in [6, 6.07) is 6.60. The van der Waals surface area contributed by atoms with Gasteiger partial charge in [-0.15, -0.1) is 0 Å². The van der Waals surface area contributed by atoms with Gasteiger partial charge in [0.25, 0.3) is 0 Å². The summed E-state index contributed by atoms with van der Waals surface area (Å²) >= 11 is 6.55. The average molecular weight is 557 g/mol. The molecular formula is C20H19Br2F4NO3. The normalized spacial score (nSPS) is 12.7. The molecule has 1 atom stereocenters. The Morgan fingerprint density at radius 1 is 1.10 bits per heavy atom. The molecule has 164 valence electrons. The minimum Gasteiger partial charge on any atom is -0.487 e. The number of alkyl halides is 4. The molecular weight excluding hydrogens is 538 g/mol. The summed E-state index contributed by atoms with van der Waals surface area (Å²) in [5, 5.41) is 11.7. The fourth-order valence-corrected chi connectivity index (χ4v) is 4.18. The summed E-state index contributed by atoms with van der Waals surface area (Å²) < 4.78 is 59.6. The lowest BCUT2D eigenvalue weighted by Gasteiger charge is -2.17. The Hall–Kier alpha value is -1.81. The molecule has 2 N–H and O–H groups in total. The van der Waals surface area contributed by atoms with Crippen LogP contribution in [0.25, 0.3) is 0 Å². The van der Waals surface area contributed by atoms with E-state index in [1.807, 2.05) is 13.8 Å². The van der Waals surface area contributed by atoms with Crippen LogP contribution in [-0.2, 0) is 24.0 Å². The van der Waals surface area contributed by atoms with Gasteiger partial charge in [-0.05, 0) is 87.2 Å². The van der Waals surface area contributed by atoms with E-state index < -0.39 is 23.9 Å². The first kappa shape index (κ1) is 24.5. The molecule has 0 spiro atoms. The Morgan fingerprint density at radius 3 is 2.20 bits per heavy atom. The van der Waals surface area contributed by atoms with Crippen molar-refractivity contribution in [3.8, 4) is 5.75 Å². The molecule has 0 aliphatic rings. The van der Waals surface area contributed by atoms with E-state index in [-0.39, 0.29) is 19.1 Å². The summed E-state index contributed by atoms with van der Waals surface area (Å²) in [4.78, 5) is 10.7. The zero-order valence-electron chi connectivity index (χ0n) is 16.0. The minimum absolute atomic E-state index is 0.0526. The van der Waals surface area contributed by atoms with Gasteiger partial charge in [-0.3, -0.25) is 0 Å². The largest absolute Gasteiger partial charge is 0.487 e. The van der Waals surface area contributed by atoms with Crippen LogP contribution in [0.15, 0.2) is 39.3 Å². The Kier molecular flexibility index (Phi) is 8.15. The number of anilines is 1. The van der Waals surface area contributed by atoms with Crippen LogP contribution in [0.2, 0.25) is 0 Å². The number of halogens is 6. The van der Waals surface area contributed by atoms with Crippen LogP contribution in [0.1, 0.15) is 30.5 Å². The number of aliphatic carboxylic acids is 1. The number of carboxylic acids is 1. The molecule has 0 bridgehead atoms. The number of hydrogen-bond donors (Lipinski definition) is 2. The third-order valence-electron chi connectivity index (χ3n) is 3.90. The summed E-state index contributed by atoms with van der Waals surface area (Å²) in [5.74, 6) is -1.25. The molecule has 0 heterocycles. The molecule has 4 nitrogen and oxygen atoms in total. The van der Waals surface area contributed by atoms with E-state index in [4.69, 9.17) is 9.84 Å². The number of nitrogens with one attached hydrogen (secondary N) is 1. The summed E-state index contributed by atoms with van der Waals surface area (Å²) in [5.41, 5.74) is 0.265. The van der Waals surface area contributed by atoms with E-state index in [0.717, 1.165) is 12.1 Å². The van der Waals surface area contributed by atoms with E-state index in [9.17, 15) is 22.4 Å². The van der Waals surface area contributed by atoms with Gasteiger partial charge >= 0.3 is 12.1 Å². The predicted octanol–water partition coefficient (Wildman–Crippen LogP) is 6.59. The van der Waals surface area contributed by atoms with Crippen LogP contribution in [0.5, 0.6) is 5.75 Å². The van der Waals surface area contributed by atoms with Crippen LogP contribution in [-0.4, -0.2) is 23.3 Å². The number of carbonyl (C=O) groups is 1. The van der Waals surface area contributed by atoms with E-state index in [2.05, 4.69) is 37.2 Å². The summed E-state index contributed by atoms with van der Waals surface area (Å²) in [7, 11) is 0. The molecule has 2 rings (SSSR count). The Balaban J connectivity index is 2.24. The fraction of sp³-hybridized carbons (Fsp3) is 0.350. The SMILES string of the molecule is CC(C)Nc1cc(COc2c(Br)cc(CC(F)C(=O)O)cc2Br)cc(C(F)(F)F)c1. The third-order valence-corrected chi connectivity index (χ3v) is 5.08. The molecule has 0 aliphatic carbocycles. The maximum absolute atomic E-state index is 13.4. The van der Waals surface area contributed by atoms with Crippen molar-refractivity contribution in [3.63, 3.8) is 0 Å². The van der Waals surface area contributed by atoms with Gasteiger partial charge in [-0.1, -0.05) is 0 Å². The van der Waals surface area contributed by atoms with E-state index in [1.54, 1.807) is 6.07 Å². The second-order valence-corrected chi connectivity index (χ2v) is 8.61. The van der Waals surface area contributed by atoms with Gasteiger partial charge in [0.05, 0.1) is 14.5 Å². The highest BCUT2D eigenvalue weighted by Gasteiger charge is 2.31. The number of rotatable bonds is 8. The molecule has 2 aromatic carbocycles. The van der Waals surface area contributed by atoms with Crippen molar-refractivity contribution in [2.45, 2.75) is 45.3 Å². The first-order valence-electron chi connectivity index (χ1n) is 8.82. The maximum atomic E-state index is 13.4. The highest BCUT2D eigenvalue weighted by molar-refractivity contribution is 9.11. The van der Waals surface area contributed by atoms with Crippen molar-refractivity contribution in [1.82, 2.24) is 0 Å². The van der Waals surface area contributed by atoms with Gasteiger partial charge in [-0.25, -0.2) is 9.18 Å². The lowest BCUT2D eigenvalue weighted by Crippen LogP contribution is -2.17. The van der Waals surface area contributed by atoms with E-state index >= 15 is 0 Å². The Morgan fingerprint density at radius 2 is 1.70 bits per heavy atom. The van der Waals surface area contributed by atoms with Crippen LogP contribution < -0.4 is 10.1 Å². The van der Waals surface area contributed by atoms with Crippen molar-refractivity contribution in [1.29, 1.82) is 0 Å².